The molecule has 0 aliphatic carbocycles. The summed E-state index contributed by atoms with van der Waals surface area (Å²) in [7, 11) is 0. The molecule has 0 amide bonds. The standard InChI is InChI=1S/C11H17NOS/c1-3-5-8-12(4-2)11-7-6-10(9-13)14-11/h6-7,9H,3-5,8H2,1-2H3. The average Bonchev–Trinajstić information content (AvgIpc) is 2.68. The quantitative estimate of drug-likeness (QED) is 0.673. The second-order valence-corrected chi connectivity index (χ2v) is 4.32. The van der Waals surface area contributed by atoms with E-state index in [0.29, 0.717) is 0 Å². The third-order valence-corrected chi connectivity index (χ3v) is 3.28. The van der Waals surface area contributed by atoms with E-state index in [9.17, 15) is 4.79 Å². The fourth-order valence-electron chi connectivity index (χ4n) is 1.35. The SMILES string of the molecule is CCCCN(CC)c1ccc(C=O)s1. The zero-order valence-electron chi connectivity index (χ0n) is 8.82. The topological polar surface area (TPSA) is 20.3 Å². The monoisotopic (exact) mass is 211 g/mol. The highest BCUT2D eigenvalue weighted by atomic mass is 32.1. The van der Waals surface area contributed by atoms with E-state index in [4.69, 9.17) is 0 Å². The van der Waals surface area contributed by atoms with Gasteiger partial charge in [0.15, 0.2) is 6.29 Å². The first-order valence-corrected chi connectivity index (χ1v) is 5.93. The van der Waals surface area contributed by atoms with Gasteiger partial charge in [0.05, 0.1) is 9.88 Å². The van der Waals surface area contributed by atoms with Crippen molar-refractivity contribution >= 4 is 22.6 Å². The number of carbonyl (C=O) groups is 1. The summed E-state index contributed by atoms with van der Waals surface area (Å²) in [6.07, 6.45) is 3.34. The lowest BCUT2D eigenvalue weighted by Gasteiger charge is -2.20. The van der Waals surface area contributed by atoms with Crippen molar-refractivity contribution in [2.45, 2.75) is 26.7 Å². The second-order valence-electron chi connectivity index (χ2n) is 3.23. The van der Waals surface area contributed by atoms with E-state index in [0.717, 1.165) is 24.3 Å². The molecule has 0 aliphatic rings. The zero-order valence-corrected chi connectivity index (χ0v) is 9.64. The van der Waals surface area contributed by atoms with Gasteiger partial charge in [0.25, 0.3) is 0 Å². The Balaban J connectivity index is 2.63. The van der Waals surface area contributed by atoms with Crippen molar-refractivity contribution in [3.8, 4) is 0 Å². The van der Waals surface area contributed by atoms with Crippen LogP contribution in [-0.2, 0) is 0 Å². The summed E-state index contributed by atoms with van der Waals surface area (Å²) < 4.78 is 0. The van der Waals surface area contributed by atoms with Crippen LogP contribution in [0, 0.1) is 0 Å². The molecule has 0 radical (unpaired) electrons. The molecule has 1 rings (SSSR count). The van der Waals surface area contributed by atoms with Crippen molar-refractivity contribution in [2.24, 2.45) is 0 Å². The molecule has 0 unspecified atom stereocenters. The smallest absolute Gasteiger partial charge is 0.160 e. The Morgan fingerprint density at radius 3 is 2.71 bits per heavy atom. The molecule has 0 aromatic carbocycles. The van der Waals surface area contributed by atoms with Gasteiger partial charge in [-0.05, 0) is 25.5 Å². The molecule has 1 aromatic heterocycles. The van der Waals surface area contributed by atoms with Crippen LogP contribution < -0.4 is 4.90 Å². The van der Waals surface area contributed by atoms with Crippen LogP contribution in [0.3, 0.4) is 0 Å². The zero-order chi connectivity index (χ0) is 10.4. The molecule has 3 heteroatoms. The maximum absolute atomic E-state index is 10.5. The molecule has 0 atom stereocenters. The Kier molecular flexibility index (Phi) is 4.66. The van der Waals surface area contributed by atoms with Crippen LogP contribution in [0.1, 0.15) is 36.4 Å². The third kappa shape index (κ3) is 2.84. The van der Waals surface area contributed by atoms with Crippen molar-refractivity contribution in [1.82, 2.24) is 0 Å². The number of unbranched alkanes of at least 4 members (excludes halogenated alkanes) is 1. The molecule has 14 heavy (non-hydrogen) atoms. The minimum absolute atomic E-state index is 0.815. The molecule has 1 heterocycles. The van der Waals surface area contributed by atoms with E-state index in [1.54, 1.807) is 11.3 Å². The maximum atomic E-state index is 10.5. The first-order chi connectivity index (χ1) is 6.81. The molecule has 78 valence electrons. The predicted octanol–water partition coefficient (Wildman–Crippen LogP) is 3.19. The van der Waals surface area contributed by atoms with Gasteiger partial charge in [-0.25, -0.2) is 0 Å². The Bertz CT molecular complexity index is 283. The van der Waals surface area contributed by atoms with Gasteiger partial charge in [-0.15, -0.1) is 11.3 Å². The highest BCUT2D eigenvalue weighted by Gasteiger charge is 2.06. The summed E-state index contributed by atoms with van der Waals surface area (Å²) in [4.78, 5) is 13.7. The summed E-state index contributed by atoms with van der Waals surface area (Å²) in [6.45, 7) is 6.44. The molecule has 2 nitrogen and oxygen atoms in total. The van der Waals surface area contributed by atoms with E-state index in [1.807, 2.05) is 12.1 Å². The lowest BCUT2D eigenvalue weighted by atomic mass is 10.3. The van der Waals surface area contributed by atoms with Gasteiger partial charge < -0.3 is 4.90 Å². The first-order valence-electron chi connectivity index (χ1n) is 5.11. The molecule has 0 saturated carbocycles. The molecule has 0 fully saturated rings. The molecule has 0 N–H and O–H groups in total. The number of thiophene rings is 1. The van der Waals surface area contributed by atoms with Crippen LogP contribution in [-0.4, -0.2) is 19.4 Å². The molecular weight excluding hydrogens is 194 g/mol. The maximum Gasteiger partial charge on any atom is 0.160 e. The van der Waals surface area contributed by atoms with Crippen molar-refractivity contribution in [3.05, 3.63) is 17.0 Å². The van der Waals surface area contributed by atoms with Gasteiger partial charge in [0.1, 0.15) is 0 Å². The molecule has 0 spiro atoms. The fraction of sp³-hybridized carbons (Fsp3) is 0.545. The molecule has 1 aromatic rings. The number of hydrogen-bond donors (Lipinski definition) is 0. The Morgan fingerprint density at radius 2 is 2.21 bits per heavy atom. The van der Waals surface area contributed by atoms with Gasteiger partial charge in [-0.3, -0.25) is 4.79 Å². The van der Waals surface area contributed by atoms with Crippen molar-refractivity contribution < 1.29 is 4.79 Å². The van der Waals surface area contributed by atoms with Gasteiger partial charge in [0.2, 0.25) is 0 Å². The van der Waals surface area contributed by atoms with Crippen LogP contribution in [0.2, 0.25) is 0 Å². The highest BCUT2D eigenvalue weighted by Crippen LogP contribution is 2.24. The van der Waals surface area contributed by atoms with E-state index < -0.39 is 0 Å². The minimum Gasteiger partial charge on any atom is -0.364 e. The Labute approximate surface area is 89.5 Å². The van der Waals surface area contributed by atoms with Crippen LogP contribution >= 0.6 is 11.3 Å². The van der Waals surface area contributed by atoms with Gasteiger partial charge in [-0.1, -0.05) is 13.3 Å². The van der Waals surface area contributed by atoms with E-state index in [2.05, 4.69) is 18.7 Å². The largest absolute Gasteiger partial charge is 0.364 e. The average molecular weight is 211 g/mol. The van der Waals surface area contributed by atoms with E-state index >= 15 is 0 Å². The van der Waals surface area contributed by atoms with Crippen molar-refractivity contribution in [1.29, 1.82) is 0 Å². The van der Waals surface area contributed by atoms with Gasteiger partial charge in [-0.2, -0.15) is 0 Å². The second kappa shape index (κ2) is 5.81. The van der Waals surface area contributed by atoms with Gasteiger partial charge >= 0.3 is 0 Å². The minimum atomic E-state index is 0.815. The molecule has 0 saturated heterocycles. The van der Waals surface area contributed by atoms with Crippen LogP contribution in [0.5, 0.6) is 0 Å². The van der Waals surface area contributed by atoms with Crippen LogP contribution in [0.4, 0.5) is 5.00 Å². The number of anilines is 1. The first kappa shape index (κ1) is 11.2. The molecular formula is C11H17NOS. The number of rotatable bonds is 6. The number of aldehydes is 1. The summed E-state index contributed by atoms with van der Waals surface area (Å²) in [5.74, 6) is 0. The number of carbonyl (C=O) groups excluding carboxylic acids is 1. The predicted molar refractivity (Wildman–Crippen MR) is 62.5 cm³/mol. The summed E-state index contributed by atoms with van der Waals surface area (Å²) in [5, 5.41) is 1.21. The van der Waals surface area contributed by atoms with E-state index in [-0.39, 0.29) is 0 Å². The highest BCUT2D eigenvalue weighted by molar-refractivity contribution is 7.17. The van der Waals surface area contributed by atoms with Crippen molar-refractivity contribution in [2.75, 3.05) is 18.0 Å². The van der Waals surface area contributed by atoms with Crippen molar-refractivity contribution in [3.63, 3.8) is 0 Å². The van der Waals surface area contributed by atoms with Crippen LogP contribution in [0.25, 0.3) is 0 Å². The Hall–Kier alpha value is -0.830. The van der Waals surface area contributed by atoms with E-state index in [1.165, 1.54) is 17.8 Å². The molecule has 0 aliphatic heterocycles. The van der Waals surface area contributed by atoms with Crippen LogP contribution in [0.15, 0.2) is 12.1 Å². The number of hydrogen-bond acceptors (Lipinski definition) is 3. The lowest BCUT2D eigenvalue weighted by Crippen LogP contribution is -2.22. The summed E-state index contributed by atoms with van der Waals surface area (Å²) >= 11 is 1.57. The van der Waals surface area contributed by atoms with Gasteiger partial charge in [0, 0.05) is 13.1 Å². The normalized spacial score (nSPS) is 10.1. The fourth-order valence-corrected chi connectivity index (χ4v) is 2.26. The summed E-state index contributed by atoms with van der Waals surface area (Å²) in [5.41, 5.74) is 0. The summed E-state index contributed by atoms with van der Waals surface area (Å²) in [6, 6.07) is 3.93. The third-order valence-electron chi connectivity index (χ3n) is 2.20. The lowest BCUT2D eigenvalue weighted by molar-refractivity contribution is 0.112. The molecule has 0 bridgehead atoms. The number of nitrogens with zero attached hydrogens (tertiary/aromatic N) is 1. The Morgan fingerprint density at radius 1 is 1.43 bits per heavy atom.